The van der Waals surface area contributed by atoms with E-state index in [1.165, 1.54) is 25.3 Å². The summed E-state index contributed by atoms with van der Waals surface area (Å²) in [5, 5.41) is 0. The number of esters is 1. The molecule has 0 fully saturated rings. The number of halogens is 1. The highest BCUT2D eigenvalue weighted by Crippen LogP contribution is 2.16. The minimum atomic E-state index is -0.787. The first-order valence-electron chi connectivity index (χ1n) is 4.48. The van der Waals surface area contributed by atoms with Gasteiger partial charge in [0.1, 0.15) is 12.1 Å². The summed E-state index contributed by atoms with van der Waals surface area (Å²) in [5.74, 6) is -2.05. The molecular formula is C10H8FNO4. The van der Waals surface area contributed by atoms with Gasteiger partial charge in [-0.25, -0.2) is 9.18 Å². The molecule has 16 heavy (non-hydrogen) atoms. The fourth-order valence-corrected chi connectivity index (χ4v) is 1.42. The predicted molar refractivity (Wildman–Crippen MR) is 52.4 cm³/mol. The molecule has 1 aromatic carbocycles. The molecule has 2 rings (SSSR count). The first-order chi connectivity index (χ1) is 7.63. The lowest BCUT2D eigenvalue weighted by molar-refractivity contribution is -0.141. The molecule has 0 amide bonds. The molecule has 0 aliphatic carbocycles. The minimum absolute atomic E-state index is 0.0297. The summed E-state index contributed by atoms with van der Waals surface area (Å²) in [7, 11) is 1.19. The summed E-state index contributed by atoms with van der Waals surface area (Å²) in [6.45, 7) is -0.372. The fourth-order valence-electron chi connectivity index (χ4n) is 1.42. The zero-order valence-corrected chi connectivity index (χ0v) is 8.40. The van der Waals surface area contributed by atoms with Crippen LogP contribution in [0.5, 0.6) is 0 Å². The van der Waals surface area contributed by atoms with Crippen LogP contribution in [0, 0.1) is 5.82 Å². The highest BCUT2D eigenvalue weighted by molar-refractivity contribution is 5.76. The molecule has 0 unspecified atom stereocenters. The van der Waals surface area contributed by atoms with Crippen LogP contribution >= 0.6 is 0 Å². The number of fused-ring (bicyclic) bond motifs is 1. The number of hydrogen-bond acceptors (Lipinski definition) is 4. The Labute approximate surface area is 89.0 Å². The smallest absolute Gasteiger partial charge is 0.420 e. The highest BCUT2D eigenvalue weighted by atomic mass is 19.1. The van der Waals surface area contributed by atoms with Crippen LogP contribution in [0.3, 0.4) is 0 Å². The third-order valence-electron chi connectivity index (χ3n) is 2.15. The molecule has 6 heteroatoms. The molecule has 1 aromatic heterocycles. The summed E-state index contributed by atoms with van der Waals surface area (Å²) in [4.78, 5) is 22.4. The molecule has 2 aromatic rings. The van der Waals surface area contributed by atoms with Crippen molar-refractivity contribution in [3.05, 3.63) is 34.6 Å². The van der Waals surface area contributed by atoms with E-state index in [0.717, 1.165) is 4.57 Å². The number of oxazole rings is 1. The van der Waals surface area contributed by atoms with E-state index in [-0.39, 0.29) is 17.6 Å². The van der Waals surface area contributed by atoms with Gasteiger partial charge >= 0.3 is 11.7 Å². The standard InChI is InChI=1S/C10H8FNO4/c1-15-8(13)5-12-9-6(11)3-2-4-7(9)16-10(12)14/h2-4H,5H2,1H3. The van der Waals surface area contributed by atoms with Gasteiger partial charge in [-0.3, -0.25) is 9.36 Å². The Bertz CT molecular complexity index is 598. The van der Waals surface area contributed by atoms with Gasteiger partial charge in [-0.2, -0.15) is 0 Å². The van der Waals surface area contributed by atoms with Gasteiger partial charge < -0.3 is 9.15 Å². The lowest BCUT2D eigenvalue weighted by atomic mass is 10.3. The molecule has 0 saturated heterocycles. The molecule has 0 atom stereocenters. The summed E-state index contributed by atoms with van der Waals surface area (Å²) in [6.07, 6.45) is 0. The second-order valence-corrected chi connectivity index (χ2v) is 3.12. The lowest BCUT2D eigenvalue weighted by Gasteiger charge is -2.00. The van der Waals surface area contributed by atoms with E-state index < -0.39 is 17.5 Å². The summed E-state index contributed by atoms with van der Waals surface area (Å²) >= 11 is 0. The average Bonchev–Trinajstić information content (AvgIpc) is 2.56. The van der Waals surface area contributed by atoms with Crippen molar-refractivity contribution in [2.45, 2.75) is 6.54 Å². The molecule has 5 nitrogen and oxygen atoms in total. The van der Waals surface area contributed by atoms with Gasteiger partial charge in [-0.05, 0) is 12.1 Å². The zero-order valence-electron chi connectivity index (χ0n) is 8.40. The van der Waals surface area contributed by atoms with Crippen molar-refractivity contribution in [2.75, 3.05) is 7.11 Å². The Morgan fingerprint density at radius 3 is 3.00 bits per heavy atom. The van der Waals surface area contributed by atoms with E-state index in [4.69, 9.17) is 4.42 Å². The van der Waals surface area contributed by atoms with Gasteiger partial charge in [0.2, 0.25) is 0 Å². The molecule has 0 N–H and O–H groups in total. The number of methoxy groups -OCH3 is 1. The molecular weight excluding hydrogens is 217 g/mol. The third-order valence-corrected chi connectivity index (χ3v) is 2.15. The van der Waals surface area contributed by atoms with E-state index in [9.17, 15) is 14.0 Å². The number of ether oxygens (including phenoxy) is 1. The number of carbonyl (C=O) groups is 1. The normalized spacial score (nSPS) is 10.6. The number of aromatic nitrogens is 1. The van der Waals surface area contributed by atoms with Crippen LogP contribution in [0.25, 0.3) is 11.1 Å². The van der Waals surface area contributed by atoms with Crippen molar-refractivity contribution >= 4 is 17.1 Å². The van der Waals surface area contributed by atoms with E-state index in [0.29, 0.717) is 0 Å². The van der Waals surface area contributed by atoms with Crippen LogP contribution in [0.2, 0.25) is 0 Å². The summed E-state index contributed by atoms with van der Waals surface area (Å²) < 4.78 is 23.5. The van der Waals surface area contributed by atoms with E-state index in [2.05, 4.69) is 4.74 Å². The Morgan fingerprint density at radius 2 is 2.31 bits per heavy atom. The maximum absolute atomic E-state index is 13.4. The predicted octanol–water partition coefficient (Wildman–Crippen LogP) is 0.907. The number of benzene rings is 1. The first kappa shape index (κ1) is 10.4. The van der Waals surface area contributed by atoms with Crippen LogP contribution in [0.1, 0.15) is 0 Å². The first-order valence-corrected chi connectivity index (χ1v) is 4.48. The Balaban J connectivity index is 2.64. The van der Waals surface area contributed by atoms with Crippen LogP contribution in [0.15, 0.2) is 27.4 Å². The molecule has 0 saturated carbocycles. The molecule has 0 aliphatic rings. The molecule has 0 radical (unpaired) electrons. The monoisotopic (exact) mass is 225 g/mol. The van der Waals surface area contributed by atoms with Crippen molar-refractivity contribution in [1.82, 2.24) is 4.57 Å². The summed E-state index contributed by atoms with van der Waals surface area (Å²) in [5.41, 5.74) is 0.0757. The van der Waals surface area contributed by atoms with E-state index in [1.54, 1.807) is 0 Å². The van der Waals surface area contributed by atoms with Gasteiger partial charge in [0.15, 0.2) is 11.4 Å². The maximum atomic E-state index is 13.4. The van der Waals surface area contributed by atoms with Gasteiger partial charge in [0.25, 0.3) is 0 Å². The number of nitrogens with zero attached hydrogens (tertiary/aromatic N) is 1. The van der Waals surface area contributed by atoms with Crippen LogP contribution in [0.4, 0.5) is 4.39 Å². The van der Waals surface area contributed by atoms with E-state index in [1.807, 2.05) is 0 Å². The topological polar surface area (TPSA) is 61.4 Å². The van der Waals surface area contributed by atoms with Crippen molar-refractivity contribution in [2.24, 2.45) is 0 Å². The Morgan fingerprint density at radius 1 is 1.56 bits per heavy atom. The van der Waals surface area contributed by atoms with Gasteiger partial charge in [-0.15, -0.1) is 0 Å². The van der Waals surface area contributed by atoms with E-state index >= 15 is 0 Å². The van der Waals surface area contributed by atoms with Crippen molar-refractivity contribution in [3.8, 4) is 0 Å². The van der Waals surface area contributed by atoms with Crippen molar-refractivity contribution in [1.29, 1.82) is 0 Å². The average molecular weight is 225 g/mol. The number of para-hydroxylation sites is 1. The van der Waals surface area contributed by atoms with Crippen molar-refractivity contribution in [3.63, 3.8) is 0 Å². The minimum Gasteiger partial charge on any atom is -0.468 e. The van der Waals surface area contributed by atoms with Crippen LogP contribution in [-0.4, -0.2) is 17.6 Å². The van der Waals surface area contributed by atoms with Gasteiger partial charge in [0.05, 0.1) is 7.11 Å². The van der Waals surface area contributed by atoms with Gasteiger partial charge in [-0.1, -0.05) is 6.07 Å². The fraction of sp³-hybridized carbons (Fsp3) is 0.200. The highest BCUT2D eigenvalue weighted by Gasteiger charge is 2.15. The SMILES string of the molecule is COC(=O)Cn1c(=O)oc2cccc(F)c21. The van der Waals surface area contributed by atoms with Gasteiger partial charge in [0, 0.05) is 0 Å². The third kappa shape index (κ3) is 1.58. The second-order valence-electron chi connectivity index (χ2n) is 3.12. The molecule has 0 bridgehead atoms. The van der Waals surface area contributed by atoms with Crippen LogP contribution in [-0.2, 0) is 16.1 Å². The zero-order chi connectivity index (χ0) is 11.7. The largest absolute Gasteiger partial charge is 0.468 e. The number of rotatable bonds is 2. The molecule has 1 heterocycles. The number of carbonyl (C=O) groups excluding carboxylic acids is 1. The second kappa shape index (κ2) is 3.80. The quantitative estimate of drug-likeness (QED) is 0.712. The number of hydrogen-bond donors (Lipinski definition) is 0. The molecule has 0 spiro atoms. The summed E-state index contributed by atoms with van der Waals surface area (Å²) in [6, 6.07) is 4.06. The van der Waals surface area contributed by atoms with Crippen molar-refractivity contribution < 1.29 is 18.3 Å². The lowest BCUT2D eigenvalue weighted by Crippen LogP contribution is -2.21. The van der Waals surface area contributed by atoms with Crippen LogP contribution < -0.4 is 5.76 Å². The molecule has 0 aliphatic heterocycles. The Hall–Kier alpha value is -2.11. The maximum Gasteiger partial charge on any atom is 0.420 e. The Kier molecular flexibility index (Phi) is 2.47. The molecule has 84 valence electrons.